The number of H-pyrrole nitrogens is 1. The van der Waals surface area contributed by atoms with Crippen LogP contribution in [0.5, 0.6) is 0 Å². The zero-order chi connectivity index (χ0) is 30.4. The van der Waals surface area contributed by atoms with Crippen molar-refractivity contribution in [3.8, 4) is 0 Å². The van der Waals surface area contributed by atoms with Crippen LogP contribution in [0.4, 0.5) is 26.3 Å². The second-order valence-corrected chi connectivity index (χ2v) is 9.97. The van der Waals surface area contributed by atoms with Gasteiger partial charge in [0.1, 0.15) is 11.4 Å². The lowest BCUT2D eigenvalue weighted by molar-refractivity contribution is -0.139. The minimum Gasteiger partial charge on any atom is -0.378 e. The summed E-state index contributed by atoms with van der Waals surface area (Å²) in [5, 5.41) is 5.61. The summed E-state index contributed by atoms with van der Waals surface area (Å²) in [6.07, 6.45) is -6.91. The summed E-state index contributed by atoms with van der Waals surface area (Å²) in [4.78, 5) is 33.9. The smallest absolute Gasteiger partial charge is 0.378 e. The van der Waals surface area contributed by atoms with Gasteiger partial charge in [-0.15, -0.1) is 0 Å². The molecule has 1 aromatic rings. The summed E-state index contributed by atoms with van der Waals surface area (Å²) in [7, 11) is 0. The van der Waals surface area contributed by atoms with Gasteiger partial charge in [-0.1, -0.05) is 12.5 Å². The Balaban J connectivity index is 1.60. The van der Waals surface area contributed by atoms with Gasteiger partial charge in [0.25, 0.3) is 5.56 Å². The first-order chi connectivity index (χ1) is 19.2. The van der Waals surface area contributed by atoms with Crippen LogP contribution in [0.25, 0.3) is 0 Å². The van der Waals surface area contributed by atoms with Gasteiger partial charge in [-0.25, -0.2) is 10.1 Å². The number of alkyl halides is 6. The van der Waals surface area contributed by atoms with E-state index in [1.165, 1.54) is 0 Å². The van der Waals surface area contributed by atoms with Crippen LogP contribution in [0, 0.1) is 0 Å². The first-order valence-electron chi connectivity index (χ1n) is 13.2. The van der Waals surface area contributed by atoms with Crippen LogP contribution in [-0.4, -0.2) is 94.8 Å². The maximum atomic E-state index is 13.4. The molecular formula is C26H34F6N6O3. The summed E-state index contributed by atoms with van der Waals surface area (Å²) in [6, 6.07) is 0.302. The van der Waals surface area contributed by atoms with Gasteiger partial charge in [-0.3, -0.25) is 14.5 Å². The van der Waals surface area contributed by atoms with Crippen LogP contribution in [0.2, 0.25) is 0 Å². The average molecular weight is 593 g/mol. The molecule has 1 N–H and O–H groups in total. The number of halogens is 6. The number of aromatic amines is 1. The van der Waals surface area contributed by atoms with Crippen molar-refractivity contribution < 1.29 is 35.9 Å². The number of rotatable bonds is 7. The normalized spacial score (nSPS) is 20.5. The standard InChI is InChI=1S/C26H34F6N6O3/c1-4-17(2)11-19(25(27,28)29)14-33-18(3)36-5-7-37(8-6-36)23(39)13-21-16-41-10-9-38(21)15-20-12-22(26(30,31)32)24(40)35-34-20/h11-12,14,21H,4-10,13,15-16H2,1-3H3,(H,35,40)/b17-11+,19-14+,33-18?/t21-/m0/s1. The molecule has 1 atom stereocenters. The van der Waals surface area contributed by atoms with Crippen molar-refractivity contribution in [3.05, 3.63) is 51.1 Å². The Labute approximate surface area is 233 Å². The molecular weight excluding hydrogens is 558 g/mol. The Kier molecular flexibility index (Phi) is 10.8. The number of hydrogen-bond donors (Lipinski definition) is 1. The number of ether oxygens (including phenoxy) is 1. The molecule has 228 valence electrons. The molecule has 15 heteroatoms. The van der Waals surface area contributed by atoms with Crippen molar-refractivity contribution in [2.24, 2.45) is 4.99 Å². The van der Waals surface area contributed by atoms with Crippen LogP contribution in [0.3, 0.4) is 0 Å². The molecule has 0 bridgehead atoms. The van der Waals surface area contributed by atoms with Crippen molar-refractivity contribution >= 4 is 11.7 Å². The SMILES string of the molecule is CC/C(C)=C/C(=C\N=C(C)N1CCN(C(=O)C[C@H]2COCCN2Cc2cc(C(F)(F)F)c(=O)[nH]n2)CC1)C(F)(F)F. The molecule has 2 saturated heterocycles. The third-order valence-electron chi connectivity index (χ3n) is 7.05. The molecule has 2 fully saturated rings. The molecule has 0 saturated carbocycles. The van der Waals surface area contributed by atoms with Crippen LogP contribution in [-0.2, 0) is 22.3 Å². The minimum absolute atomic E-state index is 0.00892. The molecule has 0 radical (unpaired) electrons. The van der Waals surface area contributed by atoms with Crippen molar-refractivity contribution in [1.82, 2.24) is 24.9 Å². The molecule has 2 aliphatic rings. The van der Waals surface area contributed by atoms with Crippen LogP contribution >= 0.6 is 0 Å². The number of allylic oxidation sites excluding steroid dienone is 3. The predicted molar refractivity (Wildman–Crippen MR) is 139 cm³/mol. The van der Waals surface area contributed by atoms with Gasteiger partial charge in [-0.05, 0) is 32.4 Å². The second-order valence-electron chi connectivity index (χ2n) is 9.97. The molecule has 1 amide bonds. The van der Waals surface area contributed by atoms with E-state index >= 15 is 0 Å². The van der Waals surface area contributed by atoms with E-state index in [4.69, 9.17) is 4.74 Å². The fourth-order valence-electron chi connectivity index (χ4n) is 4.45. The number of carbonyl (C=O) groups excluding carboxylic acids is 1. The Morgan fingerprint density at radius 3 is 2.39 bits per heavy atom. The van der Waals surface area contributed by atoms with E-state index in [2.05, 4.69) is 10.1 Å². The van der Waals surface area contributed by atoms with Gasteiger partial charge in [0.2, 0.25) is 5.91 Å². The summed E-state index contributed by atoms with van der Waals surface area (Å²) < 4.78 is 85.0. The van der Waals surface area contributed by atoms with E-state index in [1.54, 1.807) is 35.5 Å². The highest BCUT2D eigenvalue weighted by Crippen LogP contribution is 2.28. The van der Waals surface area contributed by atoms with Crippen molar-refractivity contribution in [1.29, 1.82) is 0 Å². The summed E-state index contributed by atoms with van der Waals surface area (Å²) >= 11 is 0. The van der Waals surface area contributed by atoms with E-state index in [0.29, 0.717) is 63.2 Å². The lowest BCUT2D eigenvalue weighted by Gasteiger charge is -2.39. The topological polar surface area (TPSA) is 94.1 Å². The predicted octanol–water partition coefficient (Wildman–Crippen LogP) is 3.74. The monoisotopic (exact) mass is 592 g/mol. The molecule has 3 rings (SSSR count). The number of nitrogens with zero attached hydrogens (tertiary/aromatic N) is 5. The van der Waals surface area contributed by atoms with Crippen molar-refractivity contribution in [2.45, 2.75) is 58.6 Å². The highest BCUT2D eigenvalue weighted by Gasteiger charge is 2.36. The minimum atomic E-state index is -4.82. The van der Waals surface area contributed by atoms with Gasteiger partial charge in [0.15, 0.2) is 0 Å². The first kappa shape index (κ1) is 32.3. The largest absolute Gasteiger partial charge is 0.421 e. The summed E-state index contributed by atoms with van der Waals surface area (Å²) in [6.45, 7) is 7.32. The van der Waals surface area contributed by atoms with E-state index < -0.39 is 35.1 Å². The molecule has 0 unspecified atom stereocenters. The molecule has 1 aromatic heterocycles. The number of aliphatic imine (C=N–C) groups is 1. The number of amides is 1. The molecule has 3 heterocycles. The fraction of sp³-hybridized carbons (Fsp3) is 0.615. The van der Waals surface area contributed by atoms with Gasteiger partial charge < -0.3 is 14.5 Å². The van der Waals surface area contributed by atoms with E-state index in [1.807, 2.05) is 5.10 Å². The maximum absolute atomic E-state index is 13.4. The quantitative estimate of drug-likeness (QED) is 0.225. The van der Waals surface area contributed by atoms with E-state index in [0.717, 1.165) is 12.3 Å². The zero-order valence-corrected chi connectivity index (χ0v) is 23.1. The van der Waals surface area contributed by atoms with Crippen LogP contribution in [0.15, 0.2) is 39.3 Å². The number of morpholine rings is 1. The molecule has 9 nitrogen and oxygen atoms in total. The van der Waals surface area contributed by atoms with E-state index in [-0.39, 0.29) is 31.2 Å². The number of piperazine rings is 1. The van der Waals surface area contributed by atoms with Crippen LogP contribution in [0.1, 0.15) is 44.9 Å². The Morgan fingerprint density at radius 2 is 1.78 bits per heavy atom. The van der Waals surface area contributed by atoms with Crippen molar-refractivity contribution in [2.75, 3.05) is 45.9 Å². The lowest BCUT2D eigenvalue weighted by atomic mass is 10.1. The Hall–Kier alpha value is -3.20. The Morgan fingerprint density at radius 1 is 1.12 bits per heavy atom. The number of nitrogens with one attached hydrogen (secondary N) is 1. The molecule has 0 spiro atoms. The van der Waals surface area contributed by atoms with Gasteiger partial charge in [0, 0.05) is 57.9 Å². The van der Waals surface area contributed by atoms with Gasteiger partial charge in [-0.2, -0.15) is 31.4 Å². The molecule has 0 aromatic carbocycles. The highest BCUT2D eigenvalue weighted by atomic mass is 19.4. The van der Waals surface area contributed by atoms with Gasteiger partial charge in [0.05, 0.1) is 24.5 Å². The molecule has 41 heavy (non-hydrogen) atoms. The Bertz CT molecular complexity index is 1220. The van der Waals surface area contributed by atoms with Gasteiger partial charge >= 0.3 is 12.4 Å². The fourth-order valence-corrected chi connectivity index (χ4v) is 4.45. The molecule has 2 aliphatic heterocycles. The zero-order valence-electron chi connectivity index (χ0n) is 23.1. The van der Waals surface area contributed by atoms with E-state index in [9.17, 15) is 35.9 Å². The first-order valence-corrected chi connectivity index (χ1v) is 13.2. The lowest BCUT2D eigenvalue weighted by Crippen LogP contribution is -2.52. The second kappa shape index (κ2) is 13.6. The summed E-state index contributed by atoms with van der Waals surface area (Å²) in [5.41, 5.74) is -2.90. The highest BCUT2D eigenvalue weighted by molar-refractivity contribution is 5.81. The summed E-state index contributed by atoms with van der Waals surface area (Å²) in [5.74, 6) is 0.226. The van der Waals surface area contributed by atoms with Crippen LogP contribution < -0.4 is 5.56 Å². The third-order valence-corrected chi connectivity index (χ3v) is 7.05. The maximum Gasteiger partial charge on any atom is 0.421 e. The average Bonchev–Trinajstić information content (AvgIpc) is 2.91. The number of hydrogen-bond acceptors (Lipinski definition) is 6. The number of aromatic nitrogens is 2. The van der Waals surface area contributed by atoms with Crippen molar-refractivity contribution in [3.63, 3.8) is 0 Å². The third kappa shape index (κ3) is 9.15. The number of carbonyl (C=O) groups is 1. The molecule has 0 aliphatic carbocycles. The number of amidine groups is 1.